The van der Waals surface area contributed by atoms with Crippen LogP contribution in [-0.4, -0.2) is 15.7 Å². The second kappa shape index (κ2) is 7.44. The molecule has 0 atom stereocenters. The van der Waals surface area contributed by atoms with Gasteiger partial charge in [0.2, 0.25) is 0 Å². The Bertz CT molecular complexity index is 1310. The minimum absolute atomic E-state index is 0.203. The normalized spacial score (nSPS) is 11.6. The summed E-state index contributed by atoms with van der Waals surface area (Å²) in [5.41, 5.74) is 6.57. The summed E-state index contributed by atoms with van der Waals surface area (Å²) in [6.45, 7) is 0.317. The fourth-order valence-corrected chi connectivity index (χ4v) is 3.86. The summed E-state index contributed by atoms with van der Waals surface area (Å²) in [7, 11) is 0. The standard InChI is InChI=1S/C25H19N3O2/c29-24-13-12-23(27-28(24)16-17-6-2-1-3-7-17)25(30)26-20-10-11-22-19(15-20)14-18-8-4-5-9-21(18)22/h1-13,15H,14,16H2,(H,26,30). The molecule has 5 heteroatoms. The van der Waals surface area contributed by atoms with Crippen LogP contribution in [0.5, 0.6) is 0 Å². The highest BCUT2D eigenvalue weighted by Crippen LogP contribution is 2.37. The number of carbonyl (C=O) groups excluding carboxylic acids is 1. The van der Waals surface area contributed by atoms with Crippen LogP contribution in [0.15, 0.2) is 89.7 Å². The van der Waals surface area contributed by atoms with E-state index in [0.717, 1.165) is 12.0 Å². The molecule has 30 heavy (non-hydrogen) atoms. The molecule has 1 aliphatic carbocycles. The largest absolute Gasteiger partial charge is 0.321 e. The molecule has 0 saturated carbocycles. The van der Waals surface area contributed by atoms with Gasteiger partial charge in [0.15, 0.2) is 0 Å². The quantitative estimate of drug-likeness (QED) is 0.500. The number of aromatic nitrogens is 2. The molecule has 0 spiro atoms. The maximum Gasteiger partial charge on any atom is 0.276 e. The molecule has 1 N–H and O–H groups in total. The van der Waals surface area contributed by atoms with Gasteiger partial charge in [-0.3, -0.25) is 9.59 Å². The number of hydrogen-bond acceptors (Lipinski definition) is 3. The van der Waals surface area contributed by atoms with E-state index < -0.39 is 0 Å². The molecule has 3 aromatic carbocycles. The Balaban J connectivity index is 1.37. The molecule has 0 fully saturated rings. The molecule has 5 rings (SSSR count). The summed E-state index contributed by atoms with van der Waals surface area (Å²) in [6, 6.07) is 26.7. The third-order valence-electron chi connectivity index (χ3n) is 5.33. The van der Waals surface area contributed by atoms with E-state index in [0.29, 0.717) is 12.2 Å². The number of nitrogens with one attached hydrogen (secondary N) is 1. The first-order valence-corrected chi connectivity index (χ1v) is 9.82. The molecule has 0 unspecified atom stereocenters. The number of fused-ring (bicyclic) bond motifs is 3. The second-order valence-electron chi connectivity index (χ2n) is 7.36. The van der Waals surface area contributed by atoms with Gasteiger partial charge in [-0.05, 0) is 52.4 Å². The highest BCUT2D eigenvalue weighted by molar-refractivity contribution is 6.03. The van der Waals surface area contributed by atoms with Gasteiger partial charge in [0.25, 0.3) is 11.5 Å². The first-order chi connectivity index (χ1) is 14.7. The molecule has 1 aliphatic rings. The van der Waals surface area contributed by atoms with Crippen LogP contribution in [-0.2, 0) is 13.0 Å². The lowest BCUT2D eigenvalue weighted by molar-refractivity contribution is 0.102. The molecule has 1 heterocycles. The zero-order valence-corrected chi connectivity index (χ0v) is 16.2. The Morgan fingerprint density at radius 3 is 2.50 bits per heavy atom. The Hall–Kier alpha value is -3.99. The minimum Gasteiger partial charge on any atom is -0.321 e. The highest BCUT2D eigenvalue weighted by atomic mass is 16.2. The summed E-state index contributed by atoms with van der Waals surface area (Å²) in [5, 5.41) is 7.17. The zero-order chi connectivity index (χ0) is 20.5. The lowest BCUT2D eigenvalue weighted by atomic mass is 10.1. The first kappa shape index (κ1) is 18.1. The van der Waals surface area contributed by atoms with Crippen molar-refractivity contribution >= 4 is 11.6 Å². The number of nitrogens with zero attached hydrogens (tertiary/aromatic N) is 2. The smallest absolute Gasteiger partial charge is 0.276 e. The second-order valence-corrected chi connectivity index (χ2v) is 7.36. The van der Waals surface area contributed by atoms with Gasteiger partial charge < -0.3 is 5.32 Å². The van der Waals surface area contributed by atoms with Crippen LogP contribution in [0, 0.1) is 0 Å². The molecular weight excluding hydrogens is 374 g/mol. The molecule has 0 saturated heterocycles. The highest BCUT2D eigenvalue weighted by Gasteiger charge is 2.18. The van der Waals surface area contributed by atoms with Crippen molar-refractivity contribution in [3.8, 4) is 11.1 Å². The number of amides is 1. The van der Waals surface area contributed by atoms with E-state index in [1.807, 2.05) is 60.7 Å². The molecule has 5 nitrogen and oxygen atoms in total. The van der Waals surface area contributed by atoms with Crippen molar-refractivity contribution in [2.75, 3.05) is 5.32 Å². The number of rotatable bonds is 4. The Morgan fingerprint density at radius 2 is 1.63 bits per heavy atom. The van der Waals surface area contributed by atoms with E-state index >= 15 is 0 Å². The number of anilines is 1. The van der Waals surface area contributed by atoms with E-state index in [1.165, 1.54) is 39.1 Å². The molecule has 146 valence electrons. The minimum atomic E-state index is -0.340. The third-order valence-corrected chi connectivity index (χ3v) is 5.33. The molecule has 0 bridgehead atoms. The topological polar surface area (TPSA) is 64.0 Å². The summed E-state index contributed by atoms with van der Waals surface area (Å²) in [5.74, 6) is -0.340. The van der Waals surface area contributed by atoms with Crippen LogP contribution in [0.2, 0.25) is 0 Å². The van der Waals surface area contributed by atoms with Gasteiger partial charge in [-0.2, -0.15) is 5.10 Å². The van der Waals surface area contributed by atoms with Gasteiger partial charge >= 0.3 is 0 Å². The SMILES string of the molecule is O=C(Nc1ccc2c(c1)Cc1ccccc1-2)c1ccc(=O)n(Cc2ccccc2)n1. The van der Waals surface area contributed by atoms with E-state index in [-0.39, 0.29) is 17.2 Å². The molecular formula is C25H19N3O2. The fraction of sp³-hybridized carbons (Fsp3) is 0.0800. The molecule has 0 aliphatic heterocycles. The molecule has 1 aromatic heterocycles. The lowest BCUT2D eigenvalue weighted by Crippen LogP contribution is -2.26. The predicted octanol–water partition coefficient (Wildman–Crippen LogP) is 4.12. The van der Waals surface area contributed by atoms with Crippen molar-refractivity contribution in [2.24, 2.45) is 0 Å². The van der Waals surface area contributed by atoms with Crippen molar-refractivity contribution in [1.29, 1.82) is 0 Å². The predicted molar refractivity (Wildman–Crippen MR) is 117 cm³/mol. The maximum atomic E-state index is 12.8. The summed E-state index contributed by atoms with van der Waals surface area (Å²) in [4.78, 5) is 24.9. The van der Waals surface area contributed by atoms with Crippen LogP contribution in [0.4, 0.5) is 5.69 Å². The number of benzene rings is 3. The molecule has 0 radical (unpaired) electrons. The summed E-state index contributed by atoms with van der Waals surface area (Å²) < 4.78 is 1.31. The van der Waals surface area contributed by atoms with Gasteiger partial charge in [0, 0.05) is 11.8 Å². The van der Waals surface area contributed by atoms with E-state index in [4.69, 9.17) is 0 Å². The average molecular weight is 393 g/mol. The van der Waals surface area contributed by atoms with E-state index in [1.54, 1.807) is 0 Å². The Labute approximate surface area is 173 Å². The molecule has 4 aromatic rings. The first-order valence-electron chi connectivity index (χ1n) is 9.82. The van der Waals surface area contributed by atoms with Gasteiger partial charge in [-0.1, -0.05) is 60.7 Å². The van der Waals surface area contributed by atoms with E-state index in [9.17, 15) is 9.59 Å². The molecule has 1 amide bonds. The van der Waals surface area contributed by atoms with Gasteiger partial charge in [-0.25, -0.2) is 4.68 Å². The maximum absolute atomic E-state index is 12.8. The van der Waals surface area contributed by atoms with Crippen molar-refractivity contribution in [3.05, 3.63) is 118 Å². The van der Waals surface area contributed by atoms with Crippen LogP contribution in [0.25, 0.3) is 11.1 Å². The fourth-order valence-electron chi connectivity index (χ4n) is 3.86. The number of carbonyl (C=O) groups is 1. The van der Waals surface area contributed by atoms with E-state index in [2.05, 4.69) is 22.5 Å². The average Bonchev–Trinajstić information content (AvgIpc) is 3.13. The Kier molecular flexibility index (Phi) is 4.48. The monoisotopic (exact) mass is 393 g/mol. The van der Waals surface area contributed by atoms with Crippen molar-refractivity contribution in [1.82, 2.24) is 9.78 Å². The van der Waals surface area contributed by atoms with Gasteiger partial charge in [0.05, 0.1) is 6.54 Å². The van der Waals surface area contributed by atoms with Crippen LogP contribution in [0.3, 0.4) is 0 Å². The third kappa shape index (κ3) is 3.42. The van der Waals surface area contributed by atoms with Crippen molar-refractivity contribution in [2.45, 2.75) is 13.0 Å². The Morgan fingerprint density at radius 1 is 0.867 bits per heavy atom. The lowest BCUT2D eigenvalue weighted by Gasteiger charge is -2.09. The van der Waals surface area contributed by atoms with Crippen LogP contribution >= 0.6 is 0 Å². The summed E-state index contributed by atoms with van der Waals surface area (Å²) >= 11 is 0. The van der Waals surface area contributed by atoms with Gasteiger partial charge in [0.1, 0.15) is 5.69 Å². The van der Waals surface area contributed by atoms with Crippen molar-refractivity contribution < 1.29 is 4.79 Å². The number of hydrogen-bond donors (Lipinski definition) is 1. The van der Waals surface area contributed by atoms with Crippen LogP contribution in [0.1, 0.15) is 27.2 Å². The summed E-state index contributed by atoms with van der Waals surface area (Å²) in [6.07, 6.45) is 0.857. The van der Waals surface area contributed by atoms with Gasteiger partial charge in [-0.15, -0.1) is 0 Å². The van der Waals surface area contributed by atoms with Crippen molar-refractivity contribution in [3.63, 3.8) is 0 Å². The van der Waals surface area contributed by atoms with Crippen LogP contribution < -0.4 is 10.9 Å². The zero-order valence-electron chi connectivity index (χ0n) is 16.2.